The third kappa shape index (κ3) is 1.60. The van der Waals surface area contributed by atoms with E-state index in [0.29, 0.717) is 6.10 Å². The molecule has 0 radical (unpaired) electrons. The maximum Gasteiger partial charge on any atom is 0.0611 e. The molecular weight excluding hydrogens is 124 g/mol. The van der Waals surface area contributed by atoms with E-state index in [1.807, 2.05) is 0 Å². The standard InChI is InChI=1S/C9H16O/c1-7-4-5-9(10-3)6-8(7)2/h4,8-9H,5-6H2,1-3H3/t8-,9?/m1/s1. The third-order valence-electron chi connectivity index (χ3n) is 2.43. The highest BCUT2D eigenvalue weighted by Gasteiger charge is 2.17. The zero-order valence-corrected chi connectivity index (χ0v) is 7.05. The van der Waals surface area contributed by atoms with Crippen LogP contribution in [0.1, 0.15) is 26.7 Å². The molecule has 1 heteroatoms. The van der Waals surface area contributed by atoms with Crippen molar-refractivity contribution in [3.8, 4) is 0 Å². The first-order valence-corrected chi connectivity index (χ1v) is 3.93. The average Bonchev–Trinajstić information content (AvgIpc) is 1.95. The van der Waals surface area contributed by atoms with Gasteiger partial charge in [-0.3, -0.25) is 0 Å². The fraction of sp³-hybridized carbons (Fsp3) is 0.778. The third-order valence-corrected chi connectivity index (χ3v) is 2.43. The Hall–Kier alpha value is -0.300. The Balaban J connectivity index is 2.51. The Bertz CT molecular complexity index is 138. The first kappa shape index (κ1) is 7.80. The maximum absolute atomic E-state index is 5.27. The van der Waals surface area contributed by atoms with Crippen LogP contribution in [0.15, 0.2) is 11.6 Å². The molecule has 1 nitrogen and oxygen atoms in total. The summed E-state index contributed by atoms with van der Waals surface area (Å²) in [7, 11) is 1.80. The van der Waals surface area contributed by atoms with Crippen LogP contribution in [0.2, 0.25) is 0 Å². The minimum atomic E-state index is 0.471. The van der Waals surface area contributed by atoms with Gasteiger partial charge >= 0.3 is 0 Å². The monoisotopic (exact) mass is 140 g/mol. The number of hydrogen-bond donors (Lipinski definition) is 0. The zero-order valence-electron chi connectivity index (χ0n) is 7.05. The summed E-state index contributed by atoms with van der Waals surface area (Å²) in [6.45, 7) is 4.47. The highest BCUT2D eigenvalue weighted by atomic mass is 16.5. The first-order chi connectivity index (χ1) is 4.74. The van der Waals surface area contributed by atoms with Gasteiger partial charge in [-0.25, -0.2) is 0 Å². The molecule has 0 N–H and O–H groups in total. The van der Waals surface area contributed by atoms with Crippen LogP contribution in [0.4, 0.5) is 0 Å². The molecule has 0 amide bonds. The Morgan fingerprint density at radius 3 is 2.80 bits per heavy atom. The summed E-state index contributed by atoms with van der Waals surface area (Å²) >= 11 is 0. The SMILES string of the molecule is COC1CC=C(C)[C@H](C)C1. The Kier molecular flexibility index (Phi) is 2.50. The van der Waals surface area contributed by atoms with Gasteiger partial charge in [0, 0.05) is 7.11 Å². The van der Waals surface area contributed by atoms with Crippen LogP contribution < -0.4 is 0 Å². The maximum atomic E-state index is 5.27. The molecule has 0 bridgehead atoms. The lowest BCUT2D eigenvalue weighted by atomic mass is 9.88. The van der Waals surface area contributed by atoms with Crippen LogP contribution in [0.25, 0.3) is 0 Å². The molecular formula is C9H16O. The van der Waals surface area contributed by atoms with E-state index in [9.17, 15) is 0 Å². The average molecular weight is 140 g/mol. The zero-order chi connectivity index (χ0) is 7.56. The molecule has 1 aliphatic carbocycles. The number of hydrogen-bond acceptors (Lipinski definition) is 1. The van der Waals surface area contributed by atoms with Crippen molar-refractivity contribution < 1.29 is 4.74 Å². The van der Waals surface area contributed by atoms with Crippen LogP contribution >= 0.6 is 0 Å². The van der Waals surface area contributed by atoms with Gasteiger partial charge in [0.05, 0.1) is 6.10 Å². The molecule has 1 rings (SSSR count). The van der Waals surface area contributed by atoms with Gasteiger partial charge in [0.2, 0.25) is 0 Å². The van der Waals surface area contributed by atoms with Crippen LogP contribution in [-0.2, 0) is 4.74 Å². The van der Waals surface area contributed by atoms with Gasteiger partial charge in [-0.1, -0.05) is 18.6 Å². The van der Waals surface area contributed by atoms with Crippen molar-refractivity contribution in [2.24, 2.45) is 5.92 Å². The molecule has 58 valence electrons. The van der Waals surface area contributed by atoms with Crippen LogP contribution in [-0.4, -0.2) is 13.2 Å². The lowest BCUT2D eigenvalue weighted by Crippen LogP contribution is -2.18. The summed E-state index contributed by atoms with van der Waals surface area (Å²) < 4.78 is 5.27. The molecule has 1 aliphatic rings. The molecule has 1 unspecified atom stereocenters. The van der Waals surface area contributed by atoms with Gasteiger partial charge in [0.15, 0.2) is 0 Å². The van der Waals surface area contributed by atoms with Crippen molar-refractivity contribution >= 4 is 0 Å². The van der Waals surface area contributed by atoms with Crippen LogP contribution in [0, 0.1) is 5.92 Å². The molecule has 0 saturated carbocycles. The van der Waals surface area contributed by atoms with E-state index in [1.165, 1.54) is 12.0 Å². The Labute approximate surface area is 63.1 Å². The van der Waals surface area contributed by atoms with Gasteiger partial charge in [0.1, 0.15) is 0 Å². The minimum absolute atomic E-state index is 0.471. The molecule has 0 aromatic rings. The Morgan fingerprint density at radius 2 is 2.30 bits per heavy atom. The van der Waals surface area contributed by atoms with Crippen LogP contribution in [0.3, 0.4) is 0 Å². The molecule has 0 spiro atoms. The lowest BCUT2D eigenvalue weighted by molar-refractivity contribution is 0.0833. The quantitative estimate of drug-likeness (QED) is 0.508. The van der Waals surface area contributed by atoms with Gasteiger partial charge in [-0.05, 0) is 25.7 Å². The van der Waals surface area contributed by atoms with Gasteiger partial charge < -0.3 is 4.74 Å². The second-order valence-corrected chi connectivity index (χ2v) is 3.18. The van der Waals surface area contributed by atoms with Gasteiger partial charge in [-0.15, -0.1) is 0 Å². The number of methoxy groups -OCH3 is 1. The van der Waals surface area contributed by atoms with E-state index >= 15 is 0 Å². The van der Waals surface area contributed by atoms with Crippen LogP contribution in [0.5, 0.6) is 0 Å². The van der Waals surface area contributed by atoms with Gasteiger partial charge in [0.25, 0.3) is 0 Å². The fourth-order valence-electron chi connectivity index (χ4n) is 1.39. The Morgan fingerprint density at radius 1 is 1.60 bits per heavy atom. The number of allylic oxidation sites excluding steroid dienone is 1. The van der Waals surface area contributed by atoms with Crippen molar-refractivity contribution in [3.05, 3.63) is 11.6 Å². The van der Waals surface area contributed by atoms with E-state index < -0.39 is 0 Å². The molecule has 10 heavy (non-hydrogen) atoms. The summed E-state index contributed by atoms with van der Waals surface area (Å²) in [4.78, 5) is 0. The van der Waals surface area contributed by atoms with E-state index in [0.717, 1.165) is 12.3 Å². The number of rotatable bonds is 1. The van der Waals surface area contributed by atoms with E-state index in [4.69, 9.17) is 4.74 Å². The largest absolute Gasteiger partial charge is 0.381 e. The minimum Gasteiger partial charge on any atom is -0.381 e. The lowest BCUT2D eigenvalue weighted by Gasteiger charge is -2.24. The van der Waals surface area contributed by atoms with E-state index in [-0.39, 0.29) is 0 Å². The predicted molar refractivity (Wildman–Crippen MR) is 43.0 cm³/mol. The van der Waals surface area contributed by atoms with Crippen molar-refractivity contribution in [2.45, 2.75) is 32.8 Å². The summed E-state index contributed by atoms with van der Waals surface area (Å²) in [6, 6.07) is 0. The highest BCUT2D eigenvalue weighted by Crippen LogP contribution is 2.25. The molecule has 0 aromatic carbocycles. The summed E-state index contributed by atoms with van der Waals surface area (Å²) in [6.07, 6.45) is 5.06. The van der Waals surface area contributed by atoms with Gasteiger partial charge in [-0.2, -0.15) is 0 Å². The summed E-state index contributed by atoms with van der Waals surface area (Å²) in [5.41, 5.74) is 1.52. The molecule has 0 aliphatic heterocycles. The normalized spacial score (nSPS) is 33.7. The van der Waals surface area contributed by atoms with Crippen molar-refractivity contribution in [2.75, 3.05) is 7.11 Å². The number of ether oxygens (including phenoxy) is 1. The highest BCUT2D eigenvalue weighted by molar-refractivity contribution is 5.07. The molecule has 0 heterocycles. The van der Waals surface area contributed by atoms with E-state index in [1.54, 1.807) is 7.11 Å². The summed E-state index contributed by atoms with van der Waals surface area (Å²) in [5.74, 6) is 0.721. The van der Waals surface area contributed by atoms with Crippen molar-refractivity contribution in [3.63, 3.8) is 0 Å². The molecule has 0 aromatic heterocycles. The van der Waals surface area contributed by atoms with Crippen molar-refractivity contribution in [1.29, 1.82) is 0 Å². The molecule has 0 saturated heterocycles. The smallest absolute Gasteiger partial charge is 0.0611 e. The second-order valence-electron chi connectivity index (χ2n) is 3.18. The molecule has 2 atom stereocenters. The topological polar surface area (TPSA) is 9.23 Å². The predicted octanol–water partition coefficient (Wildman–Crippen LogP) is 2.38. The fourth-order valence-corrected chi connectivity index (χ4v) is 1.39. The summed E-state index contributed by atoms with van der Waals surface area (Å²) in [5, 5.41) is 0. The first-order valence-electron chi connectivity index (χ1n) is 3.93. The van der Waals surface area contributed by atoms with Crippen molar-refractivity contribution in [1.82, 2.24) is 0 Å². The molecule has 0 fully saturated rings. The second kappa shape index (κ2) is 3.20. The van der Waals surface area contributed by atoms with E-state index in [2.05, 4.69) is 19.9 Å².